The number of carbonyl (C=O) groups is 1. The van der Waals surface area contributed by atoms with Crippen molar-refractivity contribution in [1.29, 1.82) is 0 Å². The normalized spacial score (nSPS) is 17.8. The smallest absolute Gasteiger partial charge is 0.317 e. The molecule has 0 aromatic carbocycles. The number of nitrogens with one attached hydrogen (secondary N) is 1. The van der Waals surface area contributed by atoms with Crippen LogP contribution in [0, 0.1) is 6.92 Å². The fraction of sp³-hybridized carbons (Fsp3) is 0.412. The van der Waals surface area contributed by atoms with E-state index in [1.807, 2.05) is 57.7 Å². The number of hydrogen-bond donors (Lipinski definition) is 1. The maximum atomic E-state index is 12.5. The molecule has 3 aromatic heterocycles. The molecule has 0 unspecified atom stereocenters. The first-order chi connectivity index (χ1) is 12.2. The van der Waals surface area contributed by atoms with Gasteiger partial charge in [0.25, 0.3) is 0 Å². The number of likely N-dealkylation sites (tertiary alicyclic amines) is 1. The third-order valence-electron chi connectivity index (χ3n) is 4.57. The van der Waals surface area contributed by atoms with Gasteiger partial charge in [-0.3, -0.25) is 9.08 Å². The minimum atomic E-state index is -0.0683. The summed E-state index contributed by atoms with van der Waals surface area (Å²) in [5.74, 6) is 0.722. The fourth-order valence-corrected chi connectivity index (χ4v) is 3.27. The van der Waals surface area contributed by atoms with Gasteiger partial charge in [0.05, 0.1) is 18.8 Å². The lowest BCUT2D eigenvalue weighted by Gasteiger charge is -2.32. The standard InChI is InChI=1S/C17H21N7O/c1-13-9-19-24(11-13)14-5-4-7-22(12-14)17(25)18-10-16-21-20-15-6-2-3-8-23(15)16/h2-3,6,8-9,11,14H,4-5,7,10,12H2,1H3,(H,18,25)/t14-/m1/s1. The minimum Gasteiger partial charge on any atom is -0.331 e. The Balaban J connectivity index is 1.39. The number of aryl methyl sites for hydroxylation is 1. The van der Waals surface area contributed by atoms with E-state index in [2.05, 4.69) is 20.6 Å². The van der Waals surface area contributed by atoms with Crippen molar-refractivity contribution in [3.8, 4) is 0 Å². The van der Waals surface area contributed by atoms with Gasteiger partial charge in [-0.05, 0) is 37.5 Å². The molecule has 4 rings (SSSR count). The molecule has 0 saturated carbocycles. The number of urea groups is 1. The lowest BCUT2D eigenvalue weighted by atomic mass is 10.1. The Morgan fingerprint density at radius 2 is 2.28 bits per heavy atom. The SMILES string of the molecule is Cc1cnn([C@@H]2CCCN(C(=O)NCc3nnc4ccccn34)C2)c1. The second-order valence-corrected chi connectivity index (χ2v) is 6.44. The van der Waals surface area contributed by atoms with E-state index < -0.39 is 0 Å². The molecule has 0 bridgehead atoms. The van der Waals surface area contributed by atoms with Crippen LogP contribution in [-0.4, -0.2) is 48.4 Å². The van der Waals surface area contributed by atoms with Gasteiger partial charge < -0.3 is 10.2 Å². The molecule has 0 radical (unpaired) electrons. The van der Waals surface area contributed by atoms with Crippen molar-refractivity contribution in [2.45, 2.75) is 32.4 Å². The quantitative estimate of drug-likeness (QED) is 0.789. The van der Waals surface area contributed by atoms with E-state index in [9.17, 15) is 4.79 Å². The van der Waals surface area contributed by atoms with Gasteiger partial charge in [0.2, 0.25) is 0 Å². The molecular weight excluding hydrogens is 318 g/mol. The zero-order valence-electron chi connectivity index (χ0n) is 14.2. The van der Waals surface area contributed by atoms with Crippen LogP contribution in [0.4, 0.5) is 4.79 Å². The number of aromatic nitrogens is 5. The van der Waals surface area contributed by atoms with Crippen LogP contribution in [-0.2, 0) is 6.54 Å². The molecule has 1 aliphatic rings. The third-order valence-corrected chi connectivity index (χ3v) is 4.57. The van der Waals surface area contributed by atoms with E-state index in [0.717, 1.165) is 36.4 Å². The van der Waals surface area contributed by atoms with Crippen molar-refractivity contribution in [3.63, 3.8) is 0 Å². The van der Waals surface area contributed by atoms with Gasteiger partial charge >= 0.3 is 6.03 Å². The highest BCUT2D eigenvalue weighted by Gasteiger charge is 2.25. The predicted molar refractivity (Wildman–Crippen MR) is 92.0 cm³/mol. The van der Waals surface area contributed by atoms with E-state index in [1.54, 1.807) is 0 Å². The second kappa shape index (κ2) is 6.54. The molecule has 1 aliphatic heterocycles. The number of amides is 2. The molecule has 4 heterocycles. The van der Waals surface area contributed by atoms with Crippen LogP contribution in [0.15, 0.2) is 36.8 Å². The van der Waals surface area contributed by atoms with Gasteiger partial charge in [-0.2, -0.15) is 5.10 Å². The van der Waals surface area contributed by atoms with Crippen molar-refractivity contribution in [2.24, 2.45) is 0 Å². The summed E-state index contributed by atoms with van der Waals surface area (Å²) in [6.45, 7) is 3.82. The zero-order chi connectivity index (χ0) is 17.2. The molecule has 1 N–H and O–H groups in total. The highest BCUT2D eigenvalue weighted by atomic mass is 16.2. The summed E-state index contributed by atoms with van der Waals surface area (Å²) in [6.07, 6.45) is 7.81. The molecule has 130 valence electrons. The predicted octanol–water partition coefficient (Wildman–Crippen LogP) is 1.78. The Bertz CT molecular complexity index is 884. The van der Waals surface area contributed by atoms with Crippen LogP contribution in [0.1, 0.15) is 30.3 Å². The molecule has 1 saturated heterocycles. The van der Waals surface area contributed by atoms with Crippen LogP contribution in [0.3, 0.4) is 0 Å². The van der Waals surface area contributed by atoms with Crippen LogP contribution in [0.2, 0.25) is 0 Å². The molecule has 3 aromatic rings. The van der Waals surface area contributed by atoms with E-state index in [4.69, 9.17) is 0 Å². The van der Waals surface area contributed by atoms with E-state index >= 15 is 0 Å². The third kappa shape index (κ3) is 3.19. The van der Waals surface area contributed by atoms with Gasteiger partial charge in [0.1, 0.15) is 0 Å². The average molecular weight is 339 g/mol. The molecule has 8 nitrogen and oxygen atoms in total. The van der Waals surface area contributed by atoms with E-state index in [1.165, 1.54) is 0 Å². The van der Waals surface area contributed by atoms with Crippen molar-refractivity contribution in [3.05, 3.63) is 48.2 Å². The maximum absolute atomic E-state index is 12.5. The monoisotopic (exact) mass is 339 g/mol. The Hall–Kier alpha value is -2.90. The molecule has 25 heavy (non-hydrogen) atoms. The largest absolute Gasteiger partial charge is 0.331 e. The van der Waals surface area contributed by atoms with Crippen LogP contribution >= 0.6 is 0 Å². The highest BCUT2D eigenvalue weighted by Crippen LogP contribution is 2.21. The van der Waals surface area contributed by atoms with Crippen molar-refractivity contribution >= 4 is 11.7 Å². The van der Waals surface area contributed by atoms with E-state index in [0.29, 0.717) is 13.1 Å². The van der Waals surface area contributed by atoms with Gasteiger partial charge in [0, 0.05) is 25.5 Å². The summed E-state index contributed by atoms with van der Waals surface area (Å²) in [5, 5.41) is 15.6. The summed E-state index contributed by atoms with van der Waals surface area (Å²) in [6, 6.07) is 5.89. The fourth-order valence-electron chi connectivity index (χ4n) is 3.27. The van der Waals surface area contributed by atoms with Gasteiger partial charge in [0.15, 0.2) is 11.5 Å². The second-order valence-electron chi connectivity index (χ2n) is 6.44. The number of carbonyl (C=O) groups excluding carboxylic acids is 1. The van der Waals surface area contributed by atoms with Crippen LogP contribution in [0.25, 0.3) is 5.65 Å². The van der Waals surface area contributed by atoms with Crippen LogP contribution < -0.4 is 5.32 Å². The Morgan fingerprint density at radius 3 is 3.12 bits per heavy atom. The van der Waals surface area contributed by atoms with Crippen molar-refractivity contribution in [2.75, 3.05) is 13.1 Å². The topological polar surface area (TPSA) is 80.3 Å². The Morgan fingerprint density at radius 1 is 1.36 bits per heavy atom. The summed E-state index contributed by atoms with van der Waals surface area (Å²) in [5.41, 5.74) is 1.92. The van der Waals surface area contributed by atoms with Gasteiger partial charge in [-0.15, -0.1) is 10.2 Å². The summed E-state index contributed by atoms with van der Waals surface area (Å²) in [7, 11) is 0. The van der Waals surface area contributed by atoms with Crippen molar-refractivity contribution < 1.29 is 4.79 Å². The highest BCUT2D eigenvalue weighted by molar-refractivity contribution is 5.74. The van der Waals surface area contributed by atoms with Gasteiger partial charge in [-0.25, -0.2) is 4.79 Å². The molecule has 0 spiro atoms. The number of fused-ring (bicyclic) bond motifs is 1. The first-order valence-corrected chi connectivity index (χ1v) is 8.53. The molecule has 8 heteroatoms. The first kappa shape index (κ1) is 15.6. The number of piperidine rings is 1. The Labute approximate surface area is 145 Å². The molecular formula is C17H21N7O. The lowest BCUT2D eigenvalue weighted by molar-refractivity contribution is 0.162. The molecule has 2 amide bonds. The lowest BCUT2D eigenvalue weighted by Crippen LogP contribution is -2.45. The average Bonchev–Trinajstić information content (AvgIpc) is 3.26. The number of rotatable bonds is 3. The molecule has 1 fully saturated rings. The number of hydrogen-bond acceptors (Lipinski definition) is 4. The Kier molecular flexibility index (Phi) is 4.09. The van der Waals surface area contributed by atoms with E-state index in [-0.39, 0.29) is 12.1 Å². The molecule has 0 aliphatic carbocycles. The minimum absolute atomic E-state index is 0.0683. The first-order valence-electron chi connectivity index (χ1n) is 8.53. The number of nitrogens with zero attached hydrogens (tertiary/aromatic N) is 6. The number of pyridine rings is 1. The molecule has 1 atom stereocenters. The summed E-state index contributed by atoms with van der Waals surface area (Å²) < 4.78 is 3.85. The summed E-state index contributed by atoms with van der Waals surface area (Å²) in [4.78, 5) is 14.4. The van der Waals surface area contributed by atoms with Crippen LogP contribution in [0.5, 0.6) is 0 Å². The summed E-state index contributed by atoms with van der Waals surface area (Å²) >= 11 is 0. The van der Waals surface area contributed by atoms with Gasteiger partial charge in [-0.1, -0.05) is 6.07 Å². The zero-order valence-corrected chi connectivity index (χ0v) is 14.2. The van der Waals surface area contributed by atoms with Crippen molar-refractivity contribution in [1.82, 2.24) is 34.6 Å². The maximum Gasteiger partial charge on any atom is 0.317 e.